The Hall–Kier alpha value is -4.20. The highest BCUT2D eigenvalue weighted by Crippen LogP contribution is 2.16. The predicted molar refractivity (Wildman–Crippen MR) is 124 cm³/mol. The van der Waals surface area contributed by atoms with E-state index in [0.717, 1.165) is 11.1 Å². The highest BCUT2D eigenvalue weighted by molar-refractivity contribution is 6.39. The van der Waals surface area contributed by atoms with Crippen molar-refractivity contribution in [1.29, 1.82) is 0 Å². The first-order valence-corrected chi connectivity index (χ1v) is 10.3. The minimum atomic E-state index is -0.887. The number of hydrogen-bond donors (Lipinski definition) is 2. The van der Waals surface area contributed by atoms with Crippen molar-refractivity contribution >= 4 is 23.2 Å². The number of carbonyl (C=O) groups excluding carboxylic acids is 2. The molecular formula is C25H24FN3O4. The van der Waals surface area contributed by atoms with Crippen molar-refractivity contribution in [3.8, 4) is 11.5 Å². The number of benzene rings is 3. The first kappa shape index (κ1) is 23.5. The van der Waals surface area contributed by atoms with Crippen LogP contribution in [0, 0.1) is 5.82 Å². The van der Waals surface area contributed by atoms with Gasteiger partial charge in [0.1, 0.15) is 23.9 Å². The highest BCUT2D eigenvalue weighted by atomic mass is 19.1. The molecule has 33 heavy (non-hydrogen) atoms. The Labute approximate surface area is 191 Å². The van der Waals surface area contributed by atoms with Crippen LogP contribution in [0.5, 0.6) is 11.5 Å². The van der Waals surface area contributed by atoms with Gasteiger partial charge in [-0.15, -0.1) is 0 Å². The Morgan fingerprint density at radius 1 is 0.848 bits per heavy atom. The number of carbonyl (C=O) groups is 2. The molecule has 3 aromatic carbocycles. The van der Waals surface area contributed by atoms with E-state index < -0.39 is 11.8 Å². The molecule has 0 saturated carbocycles. The molecule has 0 spiro atoms. The molecule has 0 aromatic heterocycles. The van der Waals surface area contributed by atoms with Gasteiger partial charge in [0, 0.05) is 5.69 Å². The van der Waals surface area contributed by atoms with E-state index in [0.29, 0.717) is 36.1 Å². The van der Waals surface area contributed by atoms with Crippen LogP contribution in [0.4, 0.5) is 10.1 Å². The topological polar surface area (TPSA) is 89.0 Å². The van der Waals surface area contributed by atoms with Crippen molar-refractivity contribution in [1.82, 2.24) is 5.43 Å². The summed E-state index contributed by atoms with van der Waals surface area (Å²) < 4.78 is 24.0. The molecule has 0 saturated heterocycles. The van der Waals surface area contributed by atoms with Gasteiger partial charge in [0.05, 0.1) is 12.3 Å². The molecule has 0 aliphatic heterocycles. The van der Waals surface area contributed by atoms with Gasteiger partial charge in [-0.05, 0) is 85.6 Å². The van der Waals surface area contributed by atoms with Crippen LogP contribution in [-0.4, -0.2) is 24.1 Å². The SMILES string of the molecule is CCOc1ccc(NC(=O)C(=O)N/N=C(\C)c2ccc(OCc3ccc(F)cc3)cc2)cc1. The maximum Gasteiger partial charge on any atom is 0.329 e. The van der Waals surface area contributed by atoms with Crippen LogP contribution in [0.1, 0.15) is 25.0 Å². The summed E-state index contributed by atoms with van der Waals surface area (Å²) in [5, 5.41) is 6.49. The van der Waals surface area contributed by atoms with Crippen molar-refractivity contribution in [3.05, 3.63) is 89.7 Å². The molecule has 0 aliphatic rings. The number of hydrazone groups is 1. The van der Waals surface area contributed by atoms with Crippen molar-refractivity contribution in [2.75, 3.05) is 11.9 Å². The highest BCUT2D eigenvalue weighted by Gasteiger charge is 2.13. The fraction of sp³-hybridized carbons (Fsp3) is 0.160. The molecule has 170 valence electrons. The second-order valence-electron chi connectivity index (χ2n) is 6.99. The number of nitrogens with one attached hydrogen (secondary N) is 2. The summed E-state index contributed by atoms with van der Waals surface area (Å²) >= 11 is 0. The quantitative estimate of drug-likeness (QED) is 0.305. The molecule has 2 N–H and O–H groups in total. The van der Waals surface area contributed by atoms with Crippen molar-refractivity contribution < 1.29 is 23.5 Å². The minimum Gasteiger partial charge on any atom is -0.494 e. The van der Waals surface area contributed by atoms with Crippen LogP contribution < -0.4 is 20.2 Å². The number of ether oxygens (including phenoxy) is 2. The molecule has 0 fully saturated rings. The van der Waals surface area contributed by atoms with Crippen LogP contribution in [0.15, 0.2) is 77.9 Å². The number of anilines is 1. The first-order valence-electron chi connectivity index (χ1n) is 10.3. The van der Waals surface area contributed by atoms with Crippen LogP contribution in [0.3, 0.4) is 0 Å². The van der Waals surface area contributed by atoms with Crippen molar-refractivity contribution in [2.45, 2.75) is 20.5 Å². The number of amides is 2. The van der Waals surface area contributed by atoms with Crippen molar-refractivity contribution in [3.63, 3.8) is 0 Å². The Bertz CT molecular complexity index is 1110. The zero-order valence-electron chi connectivity index (χ0n) is 18.3. The Kier molecular flexibility index (Phi) is 8.13. The maximum atomic E-state index is 13.0. The molecule has 0 unspecified atom stereocenters. The lowest BCUT2D eigenvalue weighted by Crippen LogP contribution is -2.32. The van der Waals surface area contributed by atoms with Crippen LogP contribution in [0.25, 0.3) is 0 Å². The molecule has 3 aromatic rings. The molecule has 8 heteroatoms. The lowest BCUT2D eigenvalue weighted by atomic mass is 10.1. The Morgan fingerprint density at radius 2 is 1.45 bits per heavy atom. The fourth-order valence-electron chi connectivity index (χ4n) is 2.78. The zero-order chi connectivity index (χ0) is 23.6. The molecule has 7 nitrogen and oxygen atoms in total. The third kappa shape index (κ3) is 7.17. The number of hydrogen-bond acceptors (Lipinski definition) is 5. The number of rotatable bonds is 8. The summed E-state index contributed by atoms with van der Waals surface area (Å²) in [5.41, 5.74) is 4.83. The summed E-state index contributed by atoms with van der Waals surface area (Å²) in [5.74, 6) is -0.706. The van der Waals surface area contributed by atoms with E-state index in [9.17, 15) is 14.0 Å². The van der Waals surface area contributed by atoms with E-state index in [1.165, 1.54) is 12.1 Å². The Balaban J connectivity index is 1.50. The second-order valence-corrected chi connectivity index (χ2v) is 6.99. The first-order chi connectivity index (χ1) is 15.9. The van der Waals surface area contributed by atoms with Gasteiger partial charge >= 0.3 is 11.8 Å². The van der Waals surface area contributed by atoms with E-state index in [1.54, 1.807) is 67.6 Å². The van der Waals surface area contributed by atoms with Gasteiger partial charge in [0.15, 0.2) is 0 Å². The molecule has 0 aliphatic carbocycles. The predicted octanol–water partition coefficient (Wildman–Crippen LogP) is 4.28. The van der Waals surface area contributed by atoms with Crippen LogP contribution in [0.2, 0.25) is 0 Å². The molecule has 0 bridgehead atoms. The van der Waals surface area contributed by atoms with Crippen LogP contribution >= 0.6 is 0 Å². The molecule has 0 atom stereocenters. The molecule has 3 rings (SSSR count). The molecule has 0 radical (unpaired) electrons. The molecule has 2 amide bonds. The van der Waals surface area contributed by atoms with Gasteiger partial charge < -0.3 is 14.8 Å². The van der Waals surface area contributed by atoms with Gasteiger partial charge in [-0.1, -0.05) is 12.1 Å². The standard InChI is InChI=1S/C25H24FN3O4/c1-3-32-22-14-10-21(11-15-22)27-24(30)25(31)29-28-17(2)19-6-12-23(13-7-19)33-16-18-4-8-20(26)9-5-18/h4-15H,3,16H2,1-2H3,(H,27,30)(H,29,31)/b28-17+. The smallest absolute Gasteiger partial charge is 0.329 e. The van der Waals surface area contributed by atoms with E-state index in [2.05, 4.69) is 15.8 Å². The Morgan fingerprint density at radius 3 is 2.09 bits per heavy atom. The molecule has 0 heterocycles. The number of nitrogens with zero attached hydrogens (tertiary/aromatic N) is 1. The summed E-state index contributed by atoms with van der Waals surface area (Å²) in [6.45, 7) is 4.43. The van der Waals surface area contributed by atoms with Gasteiger partial charge in [-0.3, -0.25) is 9.59 Å². The maximum absolute atomic E-state index is 13.0. The largest absolute Gasteiger partial charge is 0.494 e. The fourth-order valence-corrected chi connectivity index (χ4v) is 2.78. The van der Waals surface area contributed by atoms with Gasteiger partial charge in [0.25, 0.3) is 0 Å². The average Bonchev–Trinajstić information content (AvgIpc) is 2.83. The van der Waals surface area contributed by atoms with Gasteiger partial charge in [-0.2, -0.15) is 5.10 Å². The third-order valence-electron chi connectivity index (χ3n) is 4.55. The van der Waals surface area contributed by atoms with E-state index in [4.69, 9.17) is 9.47 Å². The lowest BCUT2D eigenvalue weighted by Gasteiger charge is -2.08. The average molecular weight is 449 g/mol. The third-order valence-corrected chi connectivity index (χ3v) is 4.55. The lowest BCUT2D eigenvalue weighted by molar-refractivity contribution is -0.136. The van der Waals surface area contributed by atoms with E-state index in [-0.39, 0.29) is 5.82 Å². The van der Waals surface area contributed by atoms with Crippen LogP contribution in [-0.2, 0) is 16.2 Å². The van der Waals surface area contributed by atoms with Crippen molar-refractivity contribution in [2.24, 2.45) is 5.10 Å². The van der Waals surface area contributed by atoms with E-state index in [1.807, 2.05) is 6.92 Å². The monoisotopic (exact) mass is 449 g/mol. The molecular weight excluding hydrogens is 425 g/mol. The zero-order valence-corrected chi connectivity index (χ0v) is 18.3. The van der Waals surface area contributed by atoms with Gasteiger partial charge in [-0.25, -0.2) is 9.82 Å². The van der Waals surface area contributed by atoms with E-state index >= 15 is 0 Å². The minimum absolute atomic E-state index is 0.293. The number of halogens is 1. The summed E-state index contributed by atoms with van der Waals surface area (Å²) in [7, 11) is 0. The van der Waals surface area contributed by atoms with Gasteiger partial charge in [0.2, 0.25) is 0 Å². The second kappa shape index (κ2) is 11.4. The summed E-state index contributed by atoms with van der Waals surface area (Å²) in [4.78, 5) is 24.1. The normalized spacial score (nSPS) is 10.9. The summed E-state index contributed by atoms with van der Waals surface area (Å²) in [6.07, 6.45) is 0. The summed E-state index contributed by atoms with van der Waals surface area (Å²) in [6, 6.07) is 19.9.